The van der Waals surface area contributed by atoms with E-state index in [-0.39, 0.29) is 17.7 Å². The van der Waals surface area contributed by atoms with E-state index in [1.54, 1.807) is 19.1 Å². The maximum Gasteiger partial charge on any atom is 0.231 e. The van der Waals surface area contributed by atoms with E-state index < -0.39 is 18.3 Å². The van der Waals surface area contributed by atoms with Crippen LogP contribution in [0, 0.1) is 18.8 Å². The number of aromatic nitrogens is 1. The average Bonchev–Trinajstić information content (AvgIpc) is 3.24. The average molecular weight is 437 g/mol. The number of aliphatic hydroxyl groups excluding tert-OH is 3. The Hall–Kier alpha value is -1.70. The molecule has 0 aromatic carbocycles. The third-order valence-corrected chi connectivity index (χ3v) is 6.16. The Balaban J connectivity index is 1.65. The van der Waals surface area contributed by atoms with Crippen LogP contribution in [0.3, 0.4) is 0 Å². The summed E-state index contributed by atoms with van der Waals surface area (Å²) < 4.78 is 4.98. The second kappa shape index (κ2) is 13.7. The molecule has 1 aliphatic rings. The molecule has 1 heterocycles. The summed E-state index contributed by atoms with van der Waals surface area (Å²) in [5, 5.41) is 37.2. The minimum absolute atomic E-state index is 0.0204. The summed E-state index contributed by atoms with van der Waals surface area (Å²) in [4.78, 5) is 11.9. The monoisotopic (exact) mass is 436 g/mol. The van der Waals surface area contributed by atoms with Gasteiger partial charge in [-0.3, -0.25) is 10.1 Å². The summed E-state index contributed by atoms with van der Waals surface area (Å²) in [6, 6.07) is 1.69. The number of unbranched alkanes of at least 4 members (excludes halogenated alkanes) is 5. The summed E-state index contributed by atoms with van der Waals surface area (Å²) in [5.41, 5.74) is 0.730. The number of nitrogens with one attached hydrogen (secondary N) is 1. The smallest absolute Gasteiger partial charge is 0.231 e. The van der Waals surface area contributed by atoms with Crippen molar-refractivity contribution in [2.75, 3.05) is 5.32 Å². The second-order valence-electron chi connectivity index (χ2n) is 8.89. The van der Waals surface area contributed by atoms with Gasteiger partial charge in [-0.25, -0.2) is 0 Å². The highest BCUT2D eigenvalue weighted by molar-refractivity contribution is 5.89. The van der Waals surface area contributed by atoms with Gasteiger partial charge in [0.15, 0.2) is 0 Å². The first-order chi connectivity index (χ1) is 14.9. The van der Waals surface area contributed by atoms with Crippen molar-refractivity contribution in [2.24, 2.45) is 11.8 Å². The first-order valence-electron chi connectivity index (χ1n) is 11.9. The molecule has 176 valence electrons. The van der Waals surface area contributed by atoms with Crippen LogP contribution in [-0.2, 0) is 4.79 Å². The van der Waals surface area contributed by atoms with Gasteiger partial charge in [0.2, 0.25) is 11.8 Å². The maximum atomic E-state index is 11.9. The topological polar surface area (TPSA) is 116 Å². The first-order valence-corrected chi connectivity index (χ1v) is 11.9. The fraction of sp³-hybridized carbons (Fsp3) is 0.750. The third kappa shape index (κ3) is 9.13. The Bertz CT molecular complexity index is 675. The van der Waals surface area contributed by atoms with E-state index in [1.807, 2.05) is 6.08 Å². The molecule has 1 saturated carbocycles. The van der Waals surface area contributed by atoms with Gasteiger partial charge in [0.05, 0.1) is 24.0 Å². The molecule has 7 heteroatoms. The van der Waals surface area contributed by atoms with E-state index >= 15 is 0 Å². The molecule has 5 atom stereocenters. The van der Waals surface area contributed by atoms with Crippen molar-refractivity contribution in [2.45, 2.75) is 103 Å². The second-order valence-corrected chi connectivity index (χ2v) is 8.89. The largest absolute Gasteiger partial charge is 0.393 e. The quantitative estimate of drug-likeness (QED) is 0.258. The molecule has 1 fully saturated rings. The van der Waals surface area contributed by atoms with E-state index in [9.17, 15) is 20.1 Å². The number of carbonyl (C=O) groups is 1. The molecular formula is C24H40N2O5. The van der Waals surface area contributed by atoms with Gasteiger partial charge in [-0.1, -0.05) is 62.8 Å². The number of aliphatic hydroxyl groups is 3. The summed E-state index contributed by atoms with van der Waals surface area (Å²) in [7, 11) is 0. The highest BCUT2D eigenvalue weighted by atomic mass is 16.5. The fourth-order valence-corrected chi connectivity index (χ4v) is 4.37. The minimum atomic E-state index is -0.553. The normalized spacial score (nSPS) is 24.7. The zero-order valence-electron chi connectivity index (χ0n) is 19.0. The number of carbonyl (C=O) groups excluding carboxylic acids is 1. The van der Waals surface area contributed by atoms with Gasteiger partial charge < -0.3 is 19.8 Å². The van der Waals surface area contributed by atoms with Gasteiger partial charge in [0, 0.05) is 24.8 Å². The molecular weight excluding hydrogens is 396 g/mol. The van der Waals surface area contributed by atoms with Gasteiger partial charge >= 0.3 is 0 Å². The van der Waals surface area contributed by atoms with E-state index in [1.165, 1.54) is 0 Å². The third-order valence-electron chi connectivity index (χ3n) is 6.16. The molecule has 1 aromatic rings. The predicted molar refractivity (Wildman–Crippen MR) is 120 cm³/mol. The van der Waals surface area contributed by atoms with Crippen LogP contribution in [0.15, 0.2) is 22.7 Å². The lowest BCUT2D eigenvalue weighted by atomic mass is 9.88. The molecule has 0 aliphatic heterocycles. The van der Waals surface area contributed by atoms with Crippen molar-refractivity contribution in [1.82, 2.24) is 5.16 Å². The van der Waals surface area contributed by atoms with Crippen molar-refractivity contribution in [3.63, 3.8) is 0 Å². The molecule has 0 radical (unpaired) electrons. The van der Waals surface area contributed by atoms with Gasteiger partial charge in [0.1, 0.15) is 0 Å². The number of anilines is 1. The van der Waals surface area contributed by atoms with Crippen LogP contribution >= 0.6 is 0 Å². The number of hydrogen-bond acceptors (Lipinski definition) is 6. The van der Waals surface area contributed by atoms with Crippen molar-refractivity contribution in [3.05, 3.63) is 23.9 Å². The van der Waals surface area contributed by atoms with E-state index in [4.69, 9.17) is 4.52 Å². The lowest BCUT2D eigenvalue weighted by Crippen LogP contribution is -2.21. The van der Waals surface area contributed by atoms with Gasteiger partial charge in [0.25, 0.3) is 0 Å². The van der Waals surface area contributed by atoms with Crippen molar-refractivity contribution >= 4 is 11.8 Å². The molecule has 0 unspecified atom stereocenters. The molecule has 0 spiro atoms. The van der Waals surface area contributed by atoms with Crippen LogP contribution in [0.2, 0.25) is 0 Å². The highest BCUT2D eigenvalue weighted by Crippen LogP contribution is 2.37. The predicted octanol–water partition coefficient (Wildman–Crippen LogP) is 4.12. The van der Waals surface area contributed by atoms with E-state index in [0.717, 1.165) is 63.5 Å². The molecule has 31 heavy (non-hydrogen) atoms. The first kappa shape index (κ1) is 25.6. The van der Waals surface area contributed by atoms with Crippen molar-refractivity contribution < 1.29 is 24.6 Å². The lowest BCUT2D eigenvalue weighted by molar-refractivity contribution is -0.116. The van der Waals surface area contributed by atoms with Crippen molar-refractivity contribution in [1.29, 1.82) is 0 Å². The standard InChI is InChI=1S/C24H40N2O5/c1-3-4-7-10-18(27)13-14-20-19(21(28)16-22(20)29)11-8-5-6-9-12-23(30)25-24-15-17(2)26-31-24/h13-15,18-22,27-29H,3-12,16H2,1-2H3,(H,25,30)/b14-13+/t18-,19+,20+,21-,22+/m0/s1. The number of aryl methyl sites for hydroxylation is 1. The molecule has 0 bridgehead atoms. The highest BCUT2D eigenvalue weighted by Gasteiger charge is 2.39. The summed E-state index contributed by atoms with van der Waals surface area (Å²) in [6.07, 6.45) is 11.5. The SMILES string of the molecule is CCCCC[C@H](O)/C=C/[C@@H]1[C@@H](CCCCCCC(=O)Nc2cc(C)no2)[C@@H](O)C[C@H]1O. The Kier molecular flexibility index (Phi) is 11.3. The van der Waals surface area contributed by atoms with Crippen LogP contribution in [0.25, 0.3) is 0 Å². The summed E-state index contributed by atoms with van der Waals surface area (Å²) in [6.45, 7) is 3.94. The molecule has 4 N–H and O–H groups in total. The molecule has 1 aliphatic carbocycles. The van der Waals surface area contributed by atoms with Crippen molar-refractivity contribution in [3.8, 4) is 0 Å². The zero-order valence-corrected chi connectivity index (χ0v) is 19.0. The van der Waals surface area contributed by atoms with Gasteiger partial charge in [-0.2, -0.15) is 0 Å². The maximum absolute atomic E-state index is 11.9. The Morgan fingerprint density at radius 2 is 2.00 bits per heavy atom. The molecule has 7 nitrogen and oxygen atoms in total. The number of hydrogen-bond donors (Lipinski definition) is 4. The van der Waals surface area contributed by atoms with Crippen LogP contribution in [0.4, 0.5) is 5.88 Å². The van der Waals surface area contributed by atoms with Crippen LogP contribution < -0.4 is 5.32 Å². The molecule has 0 saturated heterocycles. The fourth-order valence-electron chi connectivity index (χ4n) is 4.37. The van der Waals surface area contributed by atoms with Gasteiger partial charge in [-0.15, -0.1) is 0 Å². The zero-order chi connectivity index (χ0) is 22.6. The van der Waals surface area contributed by atoms with Crippen LogP contribution in [0.1, 0.15) is 83.2 Å². The van der Waals surface area contributed by atoms with E-state index in [0.29, 0.717) is 18.7 Å². The Morgan fingerprint density at radius 3 is 2.71 bits per heavy atom. The molecule has 1 amide bonds. The van der Waals surface area contributed by atoms with Crippen LogP contribution in [0.5, 0.6) is 0 Å². The number of amides is 1. The van der Waals surface area contributed by atoms with E-state index in [2.05, 4.69) is 17.4 Å². The summed E-state index contributed by atoms with van der Waals surface area (Å²) >= 11 is 0. The minimum Gasteiger partial charge on any atom is -0.393 e. The molecule has 2 rings (SSSR count). The molecule has 1 aromatic heterocycles. The lowest BCUT2D eigenvalue weighted by Gasteiger charge is -2.21. The Morgan fingerprint density at radius 1 is 1.23 bits per heavy atom. The summed E-state index contributed by atoms with van der Waals surface area (Å²) in [5.74, 6) is 0.220. The Labute approximate surface area is 185 Å². The van der Waals surface area contributed by atoms with Gasteiger partial charge in [-0.05, 0) is 32.1 Å². The number of rotatable bonds is 14. The van der Waals surface area contributed by atoms with Crippen LogP contribution in [-0.4, -0.2) is 44.7 Å². The number of nitrogens with zero attached hydrogens (tertiary/aromatic N) is 1.